The Morgan fingerprint density at radius 3 is 2.23 bits per heavy atom. The minimum Gasteiger partial charge on any atom is -0.497 e. The number of Topliss-reactive ketones (excluding diaryl/α,β-unsaturated/α-hetero) is 1. The van der Waals surface area contributed by atoms with E-state index in [-0.39, 0.29) is 48.2 Å². The smallest absolute Gasteiger partial charge is 0.317 e. The molecule has 0 saturated heterocycles. The first kappa shape index (κ1) is 38.5. The van der Waals surface area contributed by atoms with E-state index >= 15 is 4.79 Å². The standard InChI is InChI=1S/C48H58N2O6/c1-31(2)49-43(53)50(29-35-16-17-37(55-5)26-39(35)56-6)30-47(54)23-20-41-45(47,4)22-19-40-44(3)21-18-36(51)27-46(44)24-25-48(40,41)38(28-46)42(52)34-14-12-33(13-15-34)32-10-8-7-9-11-32/h7-17,24-26,28,31,36,40-41,51,54H,18-23,27,29-30H2,1-6H3,(H,49,53)/t36?,40-,41-,44-,45+,46+,47-,48-/m1/s1. The molecule has 3 fully saturated rings. The van der Waals surface area contributed by atoms with Gasteiger partial charge in [-0.2, -0.15) is 0 Å². The zero-order valence-corrected chi connectivity index (χ0v) is 33.8. The zero-order chi connectivity index (χ0) is 39.7. The lowest BCUT2D eigenvalue weighted by molar-refractivity contribution is -0.174. The third-order valence-electron chi connectivity index (χ3n) is 15.2. The van der Waals surface area contributed by atoms with Crippen molar-refractivity contribution in [3.05, 3.63) is 108 Å². The minimum absolute atomic E-state index is 0.0321. The molecule has 6 aliphatic rings. The number of methoxy groups -OCH3 is 2. The highest BCUT2D eigenvalue weighted by molar-refractivity contribution is 6.10. The highest BCUT2D eigenvalue weighted by Gasteiger charge is 2.74. The first-order valence-electron chi connectivity index (χ1n) is 20.5. The van der Waals surface area contributed by atoms with Crippen molar-refractivity contribution < 1.29 is 29.3 Å². The molecule has 9 rings (SSSR count). The maximum absolute atomic E-state index is 15.2. The summed E-state index contributed by atoms with van der Waals surface area (Å²) in [5, 5.41) is 27.4. The second-order valence-electron chi connectivity index (χ2n) is 18.2. The summed E-state index contributed by atoms with van der Waals surface area (Å²) in [6.07, 6.45) is 11.6. The molecule has 2 bridgehead atoms. The van der Waals surface area contributed by atoms with Crippen LogP contribution >= 0.6 is 0 Å². The number of hydrogen-bond donors (Lipinski definition) is 3. The first-order valence-corrected chi connectivity index (χ1v) is 20.5. The molecule has 56 heavy (non-hydrogen) atoms. The van der Waals surface area contributed by atoms with Crippen LogP contribution in [0.1, 0.15) is 88.6 Å². The fraction of sp³-hybridized carbons (Fsp3) is 0.500. The van der Waals surface area contributed by atoms with Crippen LogP contribution in [0.15, 0.2) is 96.6 Å². The number of allylic oxidation sites excluding steroid dienone is 4. The Hall–Kier alpha value is -4.40. The molecule has 8 heteroatoms. The van der Waals surface area contributed by atoms with Crippen LogP contribution in [0.25, 0.3) is 11.1 Å². The molecule has 296 valence electrons. The van der Waals surface area contributed by atoms with Crippen molar-refractivity contribution in [1.82, 2.24) is 10.2 Å². The maximum Gasteiger partial charge on any atom is 0.317 e. The number of aliphatic hydroxyl groups is 2. The number of urea groups is 1. The van der Waals surface area contributed by atoms with Crippen molar-refractivity contribution in [2.24, 2.45) is 33.5 Å². The van der Waals surface area contributed by atoms with Crippen LogP contribution in [0.4, 0.5) is 4.79 Å². The Labute approximate surface area is 332 Å². The molecule has 3 saturated carbocycles. The van der Waals surface area contributed by atoms with Gasteiger partial charge in [-0.15, -0.1) is 0 Å². The van der Waals surface area contributed by atoms with Gasteiger partial charge in [0.05, 0.1) is 39.0 Å². The van der Waals surface area contributed by atoms with E-state index in [1.54, 1.807) is 19.1 Å². The van der Waals surface area contributed by atoms with Crippen LogP contribution in [-0.2, 0) is 6.54 Å². The lowest BCUT2D eigenvalue weighted by atomic mass is 9.32. The van der Waals surface area contributed by atoms with Crippen molar-refractivity contribution in [3.63, 3.8) is 0 Å². The van der Waals surface area contributed by atoms with Gasteiger partial charge >= 0.3 is 6.03 Å². The number of aliphatic hydroxyl groups excluding tert-OH is 1. The summed E-state index contributed by atoms with van der Waals surface area (Å²) in [5.74, 6) is 1.44. The van der Waals surface area contributed by atoms with Gasteiger partial charge in [-0.1, -0.05) is 86.7 Å². The average molecular weight is 759 g/mol. The highest BCUT2D eigenvalue weighted by Crippen LogP contribution is 2.78. The Balaban J connectivity index is 1.18. The second-order valence-corrected chi connectivity index (χ2v) is 18.2. The maximum atomic E-state index is 15.2. The van der Waals surface area contributed by atoms with Crippen molar-refractivity contribution in [3.8, 4) is 22.6 Å². The molecule has 0 aliphatic heterocycles. The Kier molecular flexibility index (Phi) is 9.56. The molecule has 8 atom stereocenters. The summed E-state index contributed by atoms with van der Waals surface area (Å²) in [6.45, 7) is 8.88. The average Bonchev–Trinajstić information content (AvgIpc) is 3.47. The number of nitrogens with zero attached hydrogens (tertiary/aromatic N) is 1. The van der Waals surface area contributed by atoms with Crippen LogP contribution in [-0.4, -0.2) is 65.4 Å². The highest BCUT2D eigenvalue weighted by atomic mass is 16.5. The number of rotatable bonds is 10. The number of amides is 2. The molecule has 0 heterocycles. The molecule has 0 radical (unpaired) electrons. The monoisotopic (exact) mass is 758 g/mol. The Bertz CT molecular complexity index is 2060. The van der Waals surface area contributed by atoms with Gasteiger partial charge in [-0.25, -0.2) is 4.79 Å². The summed E-state index contributed by atoms with van der Waals surface area (Å²) in [7, 11) is 3.22. The lowest BCUT2D eigenvalue weighted by Crippen LogP contribution is -2.67. The SMILES string of the molecule is COc1ccc(CN(C[C@]2(O)CC[C@H]3[C@]45C=C[C@@]6(C=C4C(=O)c4ccc(-c7ccccc7)cc4)CC(O)CC[C@]6(C)[C@H]5CC[C@@]32C)C(=O)NC(C)C)c(OC)c1. The van der Waals surface area contributed by atoms with Gasteiger partial charge in [-0.05, 0) is 99.3 Å². The third-order valence-corrected chi connectivity index (χ3v) is 15.2. The van der Waals surface area contributed by atoms with E-state index in [4.69, 9.17) is 9.47 Å². The molecular formula is C48H58N2O6. The van der Waals surface area contributed by atoms with Gasteiger partial charge in [-0.3, -0.25) is 4.79 Å². The molecule has 6 aliphatic carbocycles. The van der Waals surface area contributed by atoms with Gasteiger partial charge in [0, 0.05) is 45.1 Å². The predicted molar refractivity (Wildman–Crippen MR) is 218 cm³/mol. The van der Waals surface area contributed by atoms with Crippen LogP contribution in [0, 0.1) is 33.5 Å². The molecule has 2 amide bonds. The van der Waals surface area contributed by atoms with Crippen LogP contribution < -0.4 is 14.8 Å². The summed E-state index contributed by atoms with van der Waals surface area (Å²) >= 11 is 0. The number of benzene rings is 3. The molecule has 3 N–H and O–H groups in total. The number of nitrogens with one attached hydrogen (secondary N) is 1. The van der Waals surface area contributed by atoms with Gasteiger partial charge < -0.3 is 29.9 Å². The van der Waals surface area contributed by atoms with E-state index in [1.807, 2.05) is 74.5 Å². The van der Waals surface area contributed by atoms with Crippen LogP contribution in [0.5, 0.6) is 11.5 Å². The number of carbonyl (C=O) groups excluding carboxylic acids is 2. The predicted octanol–water partition coefficient (Wildman–Crippen LogP) is 8.76. The Morgan fingerprint density at radius 2 is 1.54 bits per heavy atom. The van der Waals surface area contributed by atoms with E-state index in [9.17, 15) is 15.0 Å². The third kappa shape index (κ3) is 5.76. The fourth-order valence-corrected chi connectivity index (χ4v) is 12.2. The van der Waals surface area contributed by atoms with Gasteiger partial charge in [0.2, 0.25) is 0 Å². The number of carbonyl (C=O) groups is 2. The van der Waals surface area contributed by atoms with Gasteiger partial charge in [0.15, 0.2) is 5.78 Å². The largest absolute Gasteiger partial charge is 0.497 e. The van der Waals surface area contributed by atoms with E-state index in [2.05, 4.69) is 49.5 Å². The number of fused-ring (bicyclic) bond motifs is 1. The number of hydrogen-bond acceptors (Lipinski definition) is 6. The van der Waals surface area contributed by atoms with Crippen molar-refractivity contribution >= 4 is 11.8 Å². The van der Waals surface area contributed by atoms with Crippen LogP contribution in [0.2, 0.25) is 0 Å². The van der Waals surface area contributed by atoms with E-state index in [0.29, 0.717) is 29.9 Å². The van der Waals surface area contributed by atoms with E-state index in [0.717, 1.165) is 54.4 Å². The first-order chi connectivity index (χ1) is 26.7. The van der Waals surface area contributed by atoms with Crippen LogP contribution in [0.3, 0.4) is 0 Å². The Morgan fingerprint density at radius 1 is 0.857 bits per heavy atom. The summed E-state index contributed by atoms with van der Waals surface area (Å²) < 4.78 is 11.2. The fourth-order valence-electron chi connectivity index (χ4n) is 12.2. The quantitative estimate of drug-likeness (QED) is 0.141. The van der Waals surface area contributed by atoms with E-state index < -0.39 is 27.9 Å². The van der Waals surface area contributed by atoms with Crippen molar-refractivity contribution in [2.45, 2.75) is 96.9 Å². The molecule has 0 aromatic heterocycles. The number of ether oxygens (including phenoxy) is 2. The summed E-state index contributed by atoms with van der Waals surface area (Å²) in [5.41, 5.74) is 1.47. The molecule has 3 aromatic carbocycles. The normalized spacial score (nSPS) is 33.9. The molecular weight excluding hydrogens is 701 g/mol. The zero-order valence-electron chi connectivity index (χ0n) is 33.8. The number of ketones is 1. The van der Waals surface area contributed by atoms with E-state index in [1.165, 1.54) is 0 Å². The summed E-state index contributed by atoms with van der Waals surface area (Å²) in [6, 6.07) is 23.5. The minimum atomic E-state index is -1.22. The molecule has 3 aromatic rings. The lowest BCUT2D eigenvalue weighted by Gasteiger charge is -2.71. The summed E-state index contributed by atoms with van der Waals surface area (Å²) in [4.78, 5) is 30.9. The topological polar surface area (TPSA) is 108 Å². The molecule has 2 spiro atoms. The molecule has 8 nitrogen and oxygen atoms in total. The van der Waals surface area contributed by atoms with Gasteiger partial charge in [0.25, 0.3) is 0 Å². The van der Waals surface area contributed by atoms with Crippen molar-refractivity contribution in [1.29, 1.82) is 0 Å². The molecule has 1 unspecified atom stereocenters. The van der Waals surface area contributed by atoms with Crippen molar-refractivity contribution in [2.75, 3.05) is 20.8 Å². The second kappa shape index (κ2) is 13.9. The van der Waals surface area contributed by atoms with Gasteiger partial charge in [0.1, 0.15) is 11.5 Å².